The molecule has 24 heavy (non-hydrogen) atoms. The normalized spacial score (nSPS) is 17.5. The summed E-state index contributed by atoms with van der Waals surface area (Å²) in [5.41, 5.74) is 8.09. The molecule has 1 aromatic heterocycles. The van der Waals surface area contributed by atoms with Crippen molar-refractivity contribution in [2.45, 2.75) is 6.04 Å². The summed E-state index contributed by atoms with van der Waals surface area (Å²) in [5, 5.41) is 0.552. The van der Waals surface area contributed by atoms with Gasteiger partial charge in [-0.15, -0.1) is 0 Å². The number of aromatic nitrogens is 2. The molecule has 1 saturated heterocycles. The van der Waals surface area contributed by atoms with Gasteiger partial charge in [-0.2, -0.15) is 0 Å². The van der Waals surface area contributed by atoms with Crippen molar-refractivity contribution in [3.8, 4) is 11.3 Å². The molecule has 0 radical (unpaired) electrons. The number of hydrogen-bond donors (Lipinski definition) is 1. The number of nitrogens with two attached hydrogens (primary N) is 1. The molecule has 1 amide bonds. The van der Waals surface area contributed by atoms with Crippen LogP contribution >= 0.6 is 11.6 Å². The summed E-state index contributed by atoms with van der Waals surface area (Å²) in [6.07, 6.45) is 2.72. The summed E-state index contributed by atoms with van der Waals surface area (Å²) in [4.78, 5) is 22.0. The first-order valence-electron chi connectivity index (χ1n) is 7.47. The summed E-state index contributed by atoms with van der Waals surface area (Å²) in [6.45, 7) is 4.99. The van der Waals surface area contributed by atoms with Gasteiger partial charge in [-0.3, -0.25) is 4.79 Å². The van der Waals surface area contributed by atoms with Crippen LogP contribution in [0.5, 0.6) is 0 Å². The van der Waals surface area contributed by atoms with E-state index in [1.54, 1.807) is 17.0 Å². The molecule has 1 aromatic carbocycles. The zero-order chi connectivity index (χ0) is 17.1. The van der Waals surface area contributed by atoms with E-state index in [0.29, 0.717) is 36.3 Å². The van der Waals surface area contributed by atoms with Gasteiger partial charge < -0.3 is 15.4 Å². The van der Waals surface area contributed by atoms with Gasteiger partial charge in [0.15, 0.2) is 0 Å². The van der Waals surface area contributed by atoms with E-state index < -0.39 is 0 Å². The molecule has 1 aliphatic rings. The lowest BCUT2D eigenvalue weighted by atomic mass is 10.0. The van der Waals surface area contributed by atoms with E-state index >= 15 is 0 Å². The van der Waals surface area contributed by atoms with Crippen molar-refractivity contribution in [2.24, 2.45) is 0 Å². The molecule has 1 fully saturated rings. The number of rotatable bonds is 3. The van der Waals surface area contributed by atoms with E-state index in [4.69, 9.17) is 22.1 Å². The molecule has 0 saturated carbocycles. The minimum atomic E-state index is -0.221. The Labute approximate surface area is 144 Å². The third-order valence-corrected chi connectivity index (χ3v) is 4.09. The van der Waals surface area contributed by atoms with Crippen LogP contribution in [0.1, 0.15) is 11.6 Å². The highest BCUT2D eigenvalue weighted by Gasteiger charge is 2.27. The lowest BCUT2D eigenvalue weighted by molar-refractivity contribution is -0.134. The van der Waals surface area contributed by atoms with E-state index in [9.17, 15) is 4.79 Å². The lowest BCUT2D eigenvalue weighted by Gasteiger charge is -2.35. The van der Waals surface area contributed by atoms with Crippen molar-refractivity contribution in [3.63, 3.8) is 0 Å². The number of benzene rings is 1. The molecule has 0 spiro atoms. The average Bonchev–Trinajstić information content (AvgIpc) is 2.60. The number of amides is 1. The van der Waals surface area contributed by atoms with Crippen LogP contribution < -0.4 is 5.73 Å². The molecule has 2 aromatic rings. The second-order valence-electron chi connectivity index (χ2n) is 5.43. The predicted octanol–water partition coefficient (Wildman–Crippen LogP) is 2.47. The minimum absolute atomic E-state index is 0.129. The van der Waals surface area contributed by atoms with Crippen molar-refractivity contribution in [1.82, 2.24) is 14.9 Å². The Hall–Kier alpha value is -2.44. The average molecular weight is 345 g/mol. The second kappa shape index (κ2) is 6.98. The van der Waals surface area contributed by atoms with Crippen LogP contribution in [0.25, 0.3) is 11.3 Å². The Morgan fingerprint density at radius 3 is 2.96 bits per heavy atom. The Kier molecular flexibility index (Phi) is 4.78. The lowest BCUT2D eigenvalue weighted by Crippen LogP contribution is -2.42. The first kappa shape index (κ1) is 16.4. The number of nitrogens with zero attached hydrogens (tertiary/aromatic N) is 3. The molecule has 2 heterocycles. The summed E-state index contributed by atoms with van der Waals surface area (Å²) >= 11 is 6.28. The van der Waals surface area contributed by atoms with Gasteiger partial charge in [0, 0.05) is 23.2 Å². The van der Waals surface area contributed by atoms with Crippen LogP contribution in [-0.4, -0.2) is 40.5 Å². The van der Waals surface area contributed by atoms with Gasteiger partial charge >= 0.3 is 0 Å². The fourth-order valence-electron chi connectivity index (χ4n) is 2.74. The zero-order valence-corrected chi connectivity index (χ0v) is 13.7. The largest absolute Gasteiger partial charge is 0.384 e. The molecule has 3 rings (SSSR count). The molecule has 6 nitrogen and oxygen atoms in total. The Morgan fingerprint density at radius 2 is 2.21 bits per heavy atom. The molecule has 7 heteroatoms. The molecular weight excluding hydrogens is 328 g/mol. The summed E-state index contributed by atoms with van der Waals surface area (Å²) in [7, 11) is 0. The van der Waals surface area contributed by atoms with Crippen LogP contribution in [0.3, 0.4) is 0 Å². The monoisotopic (exact) mass is 344 g/mol. The number of halogens is 1. The van der Waals surface area contributed by atoms with E-state index in [0.717, 1.165) is 11.1 Å². The topological polar surface area (TPSA) is 81.3 Å². The van der Waals surface area contributed by atoms with Crippen molar-refractivity contribution in [2.75, 3.05) is 25.5 Å². The molecule has 124 valence electrons. The maximum Gasteiger partial charge on any atom is 0.246 e. The summed E-state index contributed by atoms with van der Waals surface area (Å²) in [5.74, 6) is 0.252. The van der Waals surface area contributed by atoms with E-state index in [-0.39, 0.29) is 11.9 Å². The fraction of sp³-hybridized carbons (Fsp3) is 0.235. The number of carbonyl (C=O) groups excluding carboxylic acids is 1. The van der Waals surface area contributed by atoms with Crippen LogP contribution in [0.15, 0.2) is 43.2 Å². The third kappa shape index (κ3) is 3.39. The van der Waals surface area contributed by atoms with Crippen molar-refractivity contribution in [1.29, 1.82) is 0 Å². The SMILES string of the molecule is C=CC(=O)N1CCOCC1c1cc(Cl)cc(-c2cc(N)ncn2)c1. The zero-order valence-electron chi connectivity index (χ0n) is 13.0. The molecule has 0 bridgehead atoms. The van der Waals surface area contributed by atoms with Crippen molar-refractivity contribution < 1.29 is 9.53 Å². The molecule has 1 unspecified atom stereocenters. The number of hydrogen-bond acceptors (Lipinski definition) is 5. The van der Waals surface area contributed by atoms with Gasteiger partial charge in [0.2, 0.25) is 5.91 Å². The summed E-state index contributed by atoms with van der Waals surface area (Å²) < 4.78 is 5.55. The third-order valence-electron chi connectivity index (χ3n) is 3.88. The minimum Gasteiger partial charge on any atom is -0.384 e. The number of nitrogen functional groups attached to an aromatic ring is 1. The molecule has 1 aliphatic heterocycles. The number of morpholine rings is 1. The second-order valence-corrected chi connectivity index (χ2v) is 5.86. The van der Waals surface area contributed by atoms with E-state index in [1.807, 2.05) is 12.1 Å². The van der Waals surface area contributed by atoms with Gasteiger partial charge in [-0.1, -0.05) is 18.2 Å². The van der Waals surface area contributed by atoms with Gasteiger partial charge in [-0.05, 0) is 29.8 Å². The quantitative estimate of drug-likeness (QED) is 0.865. The van der Waals surface area contributed by atoms with Gasteiger partial charge in [0.1, 0.15) is 12.1 Å². The van der Waals surface area contributed by atoms with E-state index in [2.05, 4.69) is 16.5 Å². The Bertz CT molecular complexity index is 781. The molecule has 1 atom stereocenters. The highest BCUT2D eigenvalue weighted by Crippen LogP contribution is 2.31. The maximum absolute atomic E-state index is 12.1. The molecule has 2 N–H and O–H groups in total. The molecule has 0 aliphatic carbocycles. The van der Waals surface area contributed by atoms with Crippen molar-refractivity contribution >= 4 is 23.3 Å². The number of ether oxygens (including phenoxy) is 1. The van der Waals surface area contributed by atoms with E-state index in [1.165, 1.54) is 12.4 Å². The smallest absolute Gasteiger partial charge is 0.246 e. The molecular formula is C17H17ClN4O2. The van der Waals surface area contributed by atoms with Gasteiger partial charge in [-0.25, -0.2) is 9.97 Å². The maximum atomic E-state index is 12.1. The fourth-order valence-corrected chi connectivity index (χ4v) is 2.99. The van der Waals surface area contributed by atoms with Gasteiger partial charge in [0.05, 0.1) is 24.9 Å². The summed E-state index contributed by atoms with van der Waals surface area (Å²) in [6, 6.07) is 7.03. The number of anilines is 1. The highest BCUT2D eigenvalue weighted by molar-refractivity contribution is 6.31. The van der Waals surface area contributed by atoms with Gasteiger partial charge in [0.25, 0.3) is 0 Å². The number of carbonyl (C=O) groups is 1. The van der Waals surface area contributed by atoms with Crippen LogP contribution in [0.4, 0.5) is 5.82 Å². The van der Waals surface area contributed by atoms with Crippen LogP contribution in [0.2, 0.25) is 5.02 Å². The van der Waals surface area contributed by atoms with Crippen LogP contribution in [-0.2, 0) is 9.53 Å². The first-order chi connectivity index (χ1) is 11.6. The predicted molar refractivity (Wildman–Crippen MR) is 92.4 cm³/mol. The Morgan fingerprint density at radius 1 is 1.38 bits per heavy atom. The first-order valence-corrected chi connectivity index (χ1v) is 7.85. The highest BCUT2D eigenvalue weighted by atomic mass is 35.5. The standard InChI is InChI=1S/C17H17ClN4O2/c1-2-17(23)22-3-4-24-9-15(22)12-5-11(6-13(18)7-12)14-8-16(19)21-10-20-14/h2,5-8,10,15H,1,3-4,9H2,(H2,19,20,21). The Balaban J connectivity index is 2.01. The van der Waals surface area contributed by atoms with Crippen molar-refractivity contribution in [3.05, 3.63) is 53.8 Å². The van der Waals surface area contributed by atoms with Crippen LogP contribution in [0, 0.1) is 0 Å².